The fourth-order valence-electron chi connectivity index (χ4n) is 1.85. The van der Waals surface area contributed by atoms with Gasteiger partial charge in [-0.1, -0.05) is 18.2 Å². The van der Waals surface area contributed by atoms with Crippen LogP contribution in [0.2, 0.25) is 0 Å². The van der Waals surface area contributed by atoms with Crippen LogP contribution in [-0.2, 0) is 9.53 Å². The quantitative estimate of drug-likeness (QED) is 0.502. The zero-order valence-corrected chi connectivity index (χ0v) is 11.7. The Morgan fingerprint density at radius 3 is 2.67 bits per heavy atom. The number of para-hydroxylation sites is 1. The van der Waals surface area contributed by atoms with E-state index in [1.807, 2.05) is 30.3 Å². The normalized spacial score (nSPS) is 9.95. The van der Waals surface area contributed by atoms with E-state index in [2.05, 4.69) is 10.3 Å². The van der Waals surface area contributed by atoms with Gasteiger partial charge in [0, 0.05) is 17.4 Å². The number of ether oxygens (including phenoxy) is 1. The van der Waals surface area contributed by atoms with E-state index in [0.29, 0.717) is 11.3 Å². The number of aromatic nitrogens is 1. The lowest BCUT2D eigenvalue weighted by Gasteiger charge is -2.10. The molecule has 108 valence electrons. The first-order valence-corrected chi connectivity index (χ1v) is 6.65. The van der Waals surface area contributed by atoms with Crippen molar-refractivity contribution in [2.75, 3.05) is 11.9 Å². The average molecular weight is 284 g/mol. The molecule has 0 fully saturated rings. The van der Waals surface area contributed by atoms with Gasteiger partial charge < -0.3 is 10.1 Å². The maximum atomic E-state index is 12.2. The van der Waals surface area contributed by atoms with Crippen LogP contribution in [0, 0.1) is 0 Å². The van der Waals surface area contributed by atoms with Crippen molar-refractivity contribution in [1.29, 1.82) is 0 Å². The summed E-state index contributed by atoms with van der Waals surface area (Å²) in [6.45, 7) is 1.97. The highest BCUT2D eigenvalue weighted by molar-refractivity contribution is 6.09. The first-order chi connectivity index (χ1) is 10.2. The summed E-state index contributed by atoms with van der Waals surface area (Å²) in [7, 11) is 0. The fourth-order valence-corrected chi connectivity index (χ4v) is 1.85. The number of esters is 1. The van der Waals surface area contributed by atoms with Crippen molar-refractivity contribution >= 4 is 23.1 Å². The average Bonchev–Trinajstić information content (AvgIpc) is 2.49. The van der Waals surface area contributed by atoms with Crippen LogP contribution < -0.4 is 5.32 Å². The summed E-state index contributed by atoms with van der Waals surface area (Å²) in [6, 6.07) is 11.0. The first-order valence-electron chi connectivity index (χ1n) is 6.65. The predicted molar refractivity (Wildman–Crippen MR) is 79.5 cm³/mol. The monoisotopic (exact) mass is 284 g/mol. The fraction of sp³-hybridized carbons (Fsp3) is 0.188. The van der Waals surface area contributed by atoms with Crippen LogP contribution in [0.15, 0.2) is 48.8 Å². The van der Waals surface area contributed by atoms with Gasteiger partial charge in [-0.3, -0.25) is 14.6 Å². The van der Waals surface area contributed by atoms with E-state index in [1.54, 1.807) is 19.2 Å². The molecule has 1 heterocycles. The van der Waals surface area contributed by atoms with Crippen LogP contribution >= 0.6 is 0 Å². The van der Waals surface area contributed by atoms with Crippen LogP contribution in [0.25, 0.3) is 0 Å². The van der Waals surface area contributed by atoms with Crippen LogP contribution in [0.4, 0.5) is 11.4 Å². The van der Waals surface area contributed by atoms with Crippen molar-refractivity contribution in [2.24, 2.45) is 0 Å². The topological polar surface area (TPSA) is 68.3 Å². The third-order valence-electron chi connectivity index (χ3n) is 2.78. The number of rotatable bonds is 6. The number of anilines is 2. The van der Waals surface area contributed by atoms with Crippen LogP contribution in [0.1, 0.15) is 23.7 Å². The van der Waals surface area contributed by atoms with Crippen LogP contribution in [-0.4, -0.2) is 23.3 Å². The molecule has 0 saturated heterocycles. The standard InChI is InChI=1S/C16H16N2O3/c1-2-21-16(20)10-15(19)13-8-9-17-11-14(13)18-12-6-4-3-5-7-12/h3-9,11,18H,2,10H2,1H3. The van der Waals surface area contributed by atoms with Crippen molar-refractivity contribution in [2.45, 2.75) is 13.3 Å². The second kappa shape index (κ2) is 7.19. The molecule has 0 unspecified atom stereocenters. The molecular formula is C16H16N2O3. The molecule has 0 aliphatic rings. The Balaban J connectivity index is 2.17. The van der Waals surface area contributed by atoms with Gasteiger partial charge in [0.05, 0.1) is 18.5 Å². The van der Waals surface area contributed by atoms with Crippen LogP contribution in [0.3, 0.4) is 0 Å². The summed E-state index contributed by atoms with van der Waals surface area (Å²) < 4.78 is 4.80. The van der Waals surface area contributed by atoms with E-state index in [9.17, 15) is 9.59 Å². The van der Waals surface area contributed by atoms with E-state index in [0.717, 1.165) is 5.69 Å². The minimum absolute atomic E-state index is 0.261. The van der Waals surface area contributed by atoms with Crippen molar-refractivity contribution < 1.29 is 14.3 Å². The van der Waals surface area contributed by atoms with Crippen molar-refractivity contribution in [3.63, 3.8) is 0 Å². The third kappa shape index (κ3) is 4.14. The van der Waals surface area contributed by atoms with Gasteiger partial charge in [-0.15, -0.1) is 0 Å². The molecule has 5 nitrogen and oxygen atoms in total. The van der Waals surface area contributed by atoms with E-state index >= 15 is 0 Å². The van der Waals surface area contributed by atoms with Crippen molar-refractivity contribution in [1.82, 2.24) is 4.98 Å². The molecule has 2 aromatic rings. The van der Waals surface area contributed by atoms with Gasteiger partial charge in [-0.05, 0) is 25.1 Å². The minimum atomic E-state index is -0.523. The molecule has 0 bridgehead atoms. The Kier molecular flexibility index (Phi) is 5.04. The molecule has 1 aromatic heterocycles. The Hall–Kier alpha value is -2.69. The van der Waals surface area contributed by atoms with E-state index in [4.69, 9.17) is 4.74 Å². The first kappa shape index (κ1) is 14.7. The molecule has 0 saturated carbocycles. The van der Waals surface area contributed by atoms with E-state index < -0.39 is 5.97 Å². The number of nitrogens with zero attached hydrogens (tertiary/aromatic N) is 1. The molecule has 0 radical (unpaired) electrons. The summed E-state index contributed by atoms with van der Waals surface area (Å²) in [4.78, 5) is 27.6. The lowest BCUT2D eigenvalue weighted by Crippen LogP contribution is -2.12. The molecule has 5 heteroatoms. The molecule has 1 aromatic carbocycles. The highest BCUT2D eigenvalue weighted by Crippen LogP contribution is 2.21. The lowest BCUT2D eigenvalue weighted by atomic mass is 10.1. The number of nitrogens with one attached hydrogen (secondary N) is 1. The highest BCUT2D eigenvalue weighted by Gasteiger charge is 2.16. The molecule has 0 aliphatic carbocycles. The Labute approximate surface area is 123 Å². The predicted octanol–water partition coefficient (Wildman–Crippen LogP) is 2.96. The SMILES string of the molecule is CCOC(=O)CC(=O)c1ccncc1Nc1ccccc1. The number of benzene rings is 1. The second-order valence-electron chi connectivity index (χ2n) is 4.32. The number of hydrogen-bond donors (Lipinski definition) is 1. The summed E-state index contributed by atoms with van der Waals surface area (Å²) >= 11 is 0. The maximum Gasteiger partial charge on any atom is 0.313 e. The van der Waals surface area contributed by atoms with Crippen LogP contribution in [0.5, 0.6) is 0 Å². The number of Topliss-reactive ketones (excluding diaryl/α,β-unsaturated/α-hetero) is 1. The number of carbonyl (C=O) groups excluding carboxylic acids is 2. The summed E-state index contributed by atoms with van der Waals surface area (Å²) in [6.07, 6.45) is 2.81. The summed E-state index contributed by atoms with van der Waals surface area (Å²) in [5, 5.41) is 3.12. The van der Waals surface area contributed by atoms with Crippen molar-refractivity contribution in [3.05, 3.63) is 54.4 Å². The van der Waals surface area contributed by atoms with E-state index in [1.165, 1.54) is 6.20 Å². The number of pyridine rings is 1. The Morgan fingerprint density at radius 2 is 1.95 bits per heavy atom. The van der Waals surface area contributed by atoms with Gasteiger partial charge in [0.15, 0.2) is 5.78 Å². The molecule has 0 amide bonds. The minimum Gasteiger partial charge on any atom is -0.466 e. The number of hydrogen-bond acceptors (Lipinski definition) is 5. The Morgan fingerprint density at radius 1 is 1.19 bits per heavy atom. The zero-order valence-electron chi connectivity index (χ0n) is 11.7. The lowest BCUT2D eigenvalue weighted by molar-refractivity contribution is -0.141. The van der Waals surface area contributed by atoms with Gasteiger partial charge in [-0.25, -0.2) is 0 Å². The molecule has 21 heavy (non-hydrogen) atoms. The van der Waals surface area contributed by atoms with Crippen molar-refractivity contribution in [3.8, 4) is 0 Å². The highest BCUT2D eigenvalue weighted by atomic mass is 16.5. The van der Waals surface area contributed by atoms with Gasteiger partial charge in [0.1, 0.15) is 6.42 Å². The van der Waals surface area contributed by atoms with Gasteiger partial charge in [0.25, 0.3) is 0 Å². The molecular weight excluding hydrogens is 268 g/mol. The number of carbonyl (C=O) groups is 2. The molecule has 0 aliphatic heterocycles. The van der Waals surface area contributed by atoms with Gasteiger partial charge in [-0.2, -0.15) is 0 Å². The molecule has 2 rings (SSSR count). The van der Waals surface area contributed by atoms with E-state index in [-0.39, 0.29) is 18.8 Å². The molecule has 0 atom stereocenters. The second-order valence-corrected chi connectivity index (χ2v) is 4.32. The zero-order chi connectivity index (χ0) is 15.1. The summed E-state index contributed by atoms with van der Waals surface area (Å²) in [5.74, 6) is -0.820. The largest absolute Gasteiger partial charge is 0.466 e. The molecule has 0 spiro atoms. The molecule has 1 N–H and O–H groups in total. The maximum absolute atomic E-state index is 12.2. The van der Waals surface area contributed by atoms with Gasteiger partial charge in [0.2, 0.25) is 0 Å². The third-order valence-corrected chi connectivity index (χ3v) is 2.78. The van der Waals surface area contributed by atoms with Gasteiger partial charge >= 0.3 is 5.97 Å². The smallest absolute Gasteiger partial charge is 0.313 e. The summed E-state index contributed by atoms with van der Waals surface area (Å²) in [5.41, 5.74) is 1.83. The Bertz CT molecular complexity index is 626. The number of ketones is 1.